The topological polar surface area (TPSA) is 82.9 Å². The van der Waals surface area contributed by atoms with Gasteiger partial charge < -0.3 is 14.6 Å². The van der Waals surface area contributed by atoms with Gasteiger partial charge in [-0.15, -0.1) is 0 Å². The third-order valence-electron chi connectivity index (χ3n) is 5.30. The summed E-state index contributed by atoms with van der Waals surface area (Å²) in [6, 6.07) is 1.36. The molecule has 1 amide bonds. The number of carbonyl (C=O) groups excluding carboxylic acids is 1. The number of aryl methyl sites for hydroxylation is 1. The minimum Gasteiger partial charge on any atom is -0.448 e. The lowest BCUT2D eigenvalue weighted by Gasteiger charge is -2.38. The largest absolute Gasteiger partial charge is 0.448 e. The van der Waals surface area contributed by atoms with Gasteiger partial charge in [0, 0.05) is 39.8 Å². The number of sulfonamides is 1. The van der Waals surface area contributed by atoms with Gasteiger partial charge in [-0.25, -0.2) is 12.7 Å². The second-order valence-electron chi connectivity index (χ2n) is 7.04. The summed E-state index contributed by atoms with van der Waals surface area (Å²) in [6.45, 7) is 5.14. The normalized spacial score (nSPS) is 20.9. The fraction of sp³-hybridized carbons (Fsp3) is 0.688. The van der Waals surface area contributed by atoms with Crippen molar-refractivity contribution in [3.63, 3.8) is 0 Å². The van der Waals surface area contributed by atoms with Crippen molar-refractivity contribution < 1.29 is 17.6 Å². The van der Waals surface area contributed by atoms with Crippen molar-refractivity contribution in [2.45, 2.75) is 31.3 Å². The fourth-order valence-electron chi connectivity index (χ4n) is 3.55. The van der Waals surface area contributed by atoms with Gasteiger partial charge in [0.2, 0.25) is 5.09 Å². The Bertz CT molecular complexity index is 723. The molecule has 3 heterocycles. The number of nitrogens with zero attached hydrogens (tertiary/aromatic N) is 2. The first-order valence-electron chi connectivity index (χ1n) is 8.28. The Kier molecular flexibility index (Phi) is 4.48. The Hall–Kier alpha value is -1.38. The minimum atomic E-state index is -3.67. The third kappa shape index (κ3) is 2.98. The molecule has 2 aliphatic rings. The van der Waals surface area contributed by atoms with Crippen molar-refractivity contribution in [1.29, 1.82) is 0 Å². The van der Waals surface area contributed by atoms with Crippen molar-refractivity contribution >= 4 is 15.9 Å². The van der Waals surface area contributed by atoms with E-state index in [9.17, 15) is 13.2 Å². The Balaban J connectivity index is 1.75. The Labute approximate surface area is 143 Å². The van der Waals surface area contributed by atoms with Crippen LogP contribution in [-0.4, -0.2) is 63.8 Å². The fourth-order valence-corrected chi connectivity index (χ4v) is 4.41. The Morgan fingerprint density at radius 1 is 1.29 bits per heavy atom. The molecule has 3 rings (SSSR count). The van der Waals surface area contributed by atoms with E-state index in [0.29, 0.717) is 29.8 Å². The highest BCUT2D eigenvalue weighted by molar-refractivity contribution is 7.88. The molecule has 134 valence electrons. The van der Waals surface area contributed by atoms with Crippen LogP contribution in [0.1, 0.15) is 35.4 Å². The van der Waals surface area contributed by atoms with Crippen molar-refractivity contribution in [2.24, 2.45) is 5.41 Å². The SMILES string of the molecule is Cc1oc(S(=O)(=O)N(C)C)cc1C(=O)N1CCC2(CCNC2)CC1. The quantitative estimate of drug-likeness (QED) is 0.876. The van der Waals surface area contributed by atoms with Crippen LogP contribution in [0.15, 0.2) is 15.6 Å². The molecule has 0 aliphatic carbocycles. The maximum atomic E-state index is 12.8. The summed E-state index contributed by atoms with van der Waals surface area (Å²) in [5.41, 5.74) is 0.678. The number of nitrogens with one attached hydrogen (secondary N) is 1. The highest BCUT2D eigenvalue weighted by Gasteiger charge is 2.39. The van der Waals surface area contributed by atoms with Crippen molar-refractivity contribution in [3.05, 3.63) is 17.4 Å². The summed E-state index contributed by atoms with van der Waals surface area (Å²) >= 11 is 0. The predicted molar refractivity (Wildman–Crippen MR) is 89.4 cm³/mol. The van der Waals surface area contributed by atoms with Crippen molar-refractivity contribution in [3.8, 4) is 0 Å². The number of piperidine rings is 1. The first-order valence-corrected chi connectivity index (χ1v) is 9.72. The summed E-state index contributed by atoms with van der Waals surface area (Å²) < 4.78 is 30.8. The van der Waals surface area contributed by atoms with Gasteiger partial charge in [-0.05, 0) is 38.1 Å². The first-order chi connectivity index (χ1) is 11.3. The monoisotopic (exact) mass is 355 g/mol. The second-order valence-corrected chi connectivity index (χ2v) is 9.12. The number of amides is 1. The molecule has 0 saturated carbocycles. The van der Waals surface area contributed by atoms with Crippen LogP contribution in [0.25, 0.3) is 0 Å². The minimum absolute atomic E-state index is 0.141. The molecular weight excluding hydrogens is 330 g/mol. The smallest absolute Gasteiger partial charge is 0.275 e. The van der Waals surface area contributed by atoms with Crippen LogP contribution in [0.2, 0.25) is 0 Å². The highest BCUT2D eigenvalue weighted by atomic mass is 32.2. The number of hydrogen-bond acceptors (Lipinski definition) is 5. The molecule has 7 nitrogen and oxygen atoms in total. The molecular formula is C16H25N3O4S. The molecule has 2 aliphatic heterocycles. The molecule has 0 unspecified atom stereocenters. The highest BCUT2D eigenvalue weighted by Crippen LogP contribution is 2.37. The molecule has 0 radical (unpaired) electrons. The van der Waals surface area contributed by atoms with Crippen LogP contribution in [-0.2, 0) is 10.0 Å². The molecule has 8 heteroatoms. The van der Waals surface area contributed by atoms with Gasteiger partial charge in [0.1, 0.15) is 5.76 Å². The zero-order chi connectivity index (χ0) is 17.5. The van der Waals surface area contributed by atoms with Gasteiger partial charge in [0.25, 0.3) is 15.9 Å². The second kappa shape index (κ2) is 6.16. The molecule has 0 bridgehead atoms. The number of likely N-dealkylation sites (tertiary alicyclic amines) is 1. The van der Waals surface area contributed by atoms with E-state index in [1.807, 2.05) is 4.90 Å². The molecule has 24 heavy (non-hydrogen) atoms. The molecule has 1 N–H and O–H groups in total. The summed E-state index contributed by atoms with van der Waals surface area (Å²) in [5, 5.41) is 3.23. The number of furan rings is 1. The van der Waals surface area contributed by atoms with E-state index in [-0.39, 0.29) is 11.0 Å². The Morgan fingerprint density at radius 3 is 2.50 bits per heavy atom. The van der Waals surface area contributed by atoms with Gasteiger partial charge in [0.15, 0.2) is 0 Å². The van der Waals surface area contributed by atoms with Gasteiger partial charge in [-0.3, -0.25) is 4.79 Å². The predicted octanol–water partition coefficient (Wildman–Crippen LogP) is 1.05. The summed E-state index contributed by atoms with van der Waals surface area (Å²) in [4.78, 5) is 14.6. The van der Waals surface area contributed by atoms with E-state index in [2.05, 4.69) is 5.32 Å². The molecule has 0 aromatic carbocycles. The lowest BCUT2D eigenvalue weighted by Crippen LogP contribution is -2.44. The maximum Gasteiger partial charge on any atom is 0.275 e. The van der Waals surface area contributed by atoms with Crippen LogP contribution < -0.4 is 5.32 Å². The summed E-state index contributed by atoms with van der Waals surface area (Å²) in [7, 11) is -0.796. The molecule has 1 aromatic rings. The molecule has 0 atom stereocenters. The van der Waals surface area contributed by atoms with Crippen LogP contribution in [0.4, 0.5) is 0 Å². The molecule has 1 aromatic heterocycles. The number of hydrogen-bond donors (Lipinski definition) is 1. The van der Waals surface area contributed by atoms with E-state index in [0.717, 1.165) is 30.2 Å². The van der Waals surface area contributed by atoms with Gasteiger partial charge >= 0.3 is 0 Å². The van der Waals surface area contributed by atoms with Crippen molar-refractivity contribution in [2.75, 3.05) is 40.3 Å². The van der Waals surface area contributed by atoms with E-state index >= 15 is 0 Å². The summed E-state index contributed by atoms with van der Waals surface area (Å²) in [5.74, 6) is 0.209. The molecule has 2 fully saturated rings. The van der Waals surface area contributed by atoms with Crippen molar-refractivity contribution in [1.82, 2.24) is 14.5 Å². The average Bonchev–Trinajstić information content (AvgIpc) is 3.15. The van der Waals surface area contributed by atoms with E-state index in [4.69, 9.17) is 4.42 Å². The van der Waals surface area contributed by atoms with Gasteiger partial charge in [-0.2, -0.15) is 0 Å². The lowest BCUT2D eigenvalue weighted by molar-refractivity contribution is 0.0606. The van der Waals surface area contributed by atoms with E-state index in [1.165, 1.54) is 26.6 Å². The maximum absolute atomic E-state index is 12.8. The van der Waals surface area contributed by atoms with Gasteiger partial charge in [0.05, 0.1) is 5.56 Å². The van der Waals surface area contributed by atoms with Crippen LogP contribution in [0.5, 0.6) is 0 Å². The Morgan fingerprint density at radius 2 is 1.96 bits per heavy atom. The van der Waals surface area contributed by atoms with E-state index < -0.39 is 10.0 Å². The summed E-state index contributed by atoms with van der Waals surface area (Å²) in [6.07, 6.45) is 3.15. The van der Waals surface area contributed by atoms with Gasteiger partial charge in [-0.1, -0.05) is 0 Å². The number of rotatable bonds is 3. The third-order valence-corrected chi connectivity index (χ3v) is 6.98. The first kappa shape index (κ1) is 17.4. The van der Waals surface area contributed by atoms with Crippen LogP contribution in [0, 0.1) is 12.3 Å². The van der Waals surface area contributed by atoms with E-state index in [1.54, 1.807) is 6.92 Å². The number of carbonyl (C=O) groups is 1. The molecule has 2 saturated heterocycles. The average molecular weight is 355 g/mol. The lowest BCUT2D eigenvalue weighted by atomic mass is 9.78. The van der Waals surface area contributed by atoms with Crippen LogP contribution >= 0.6 is 0 Å². The zero-order valence-electron chi connectivity index (χ0n) is 14.5. The molecule has 1 spiro atoms. The zero-order valence-corrected chi connectivity index (χ0v) is 15.3. The van der Waals surface area contributed by atoms with Crippen LogP contribution in [0.3, 0.4) is 0 Å². The standard InChI is InChI=1S/C16H25N3O4S/c1-12-13(10-14(23-12)24(21,22)18(2)3)15(20)19-8-5-16(6-9-19)4-7-17-11-16/h10,17H,4-9,11H2,1-3H3.